The molecule has 2 heteroatoms. The molecule has 1 aromatic carbocycles. The number of aliphatic hydroxyl groups is 2. The highest BCUT2D eigenvalue weighted by atomic mass is 16.3. The highest BCUT2D eigenvalue weighted by Gasteiger charge is 2.04. The summed E-state index contributed by atoms with van der Waals surface area (Å²) in [5.41, 5.74) is 1.17. The number of hydrogen-bond donors (Lipinski definition) is 2. The van der Waals surface area contributed by atoms with Crippen LogP contribution in [0.25, 0.3) is 0 Å². The van der Waals surface area contributed by atoms with E-state index < -0.39 is 0 Å². The molecule has 0 saturated heterocycles. The molecular formula is C12H18O2. The average Bonchev–Trinajstić information content (AvgIpc) is 2.20. The Balaban J connectivity index is 2.23. The van der Waals surface area contributed by atoms with Crippen LogP contribution in [0.4, 0.5) is 0 Å². The van der Waals surface area contributed by atoms with E-state index in [1.54, 1.807) is 0 Å². The van der Waals surface area contributed by atoms with Crippen molar-refractivity contribution in [3.8, 4) is 0 Å². The summed E-state index contributed by atoms with van der Waals surface area (Å²) in [6.45, 7) is 0.220. The molecule has 1 aromatic rings. The summed E-state index contributed by atoms with van der Waals surface area (Å²) in [7, 11) is 0. The third kappa shape index (κ3) is 4.40. The molecule has 0 aliphatic rings. The molecule has 0 saturated carbocycles. The Morgan fingerprint density at radius 3 is 2.43 bits per heavy atom. The number of benzene rings is 1. The van der Waals surface area contributed by atoms with Crippen molar-refractivity contribution in [3.05, 3.63) is 35.9 Å². The summed E-state index contributed by atoms with van der Waals surface area (Å²) in [5.74, 6) is 0. The fourth-order valence-corrected chi connectivity index (χ4v) is 1.48. The Kier molecular flexibility index (Phi) is 5.27. The van der Waals surface area contributed by atoms with Crippen LogP contribution in [0.2, 0.25) is 0 Å². The van der Waals surface area contributed by atoms with Gasteiger partial charge in [0, 0.05) is 6.61 Å². The van der Waals surface area contributed by atoms with Gasteiger partial charge in [-0.2, -0.15) is 0 Å². The first-order valence-corrected chi connectivity index (χ1v) is 5.16. The lowest BCUT2D eigenvalue weighted by Gasteiger charge is -2.09. The molecular weight excluding hydrogens is 176 g/mol. The zero-order valence-electron chi connectivity index (χ0n) is 8.39. The van der Waals surface area contributed by atoms with Crippen LogP contribution in [-0.4, -0.2) is 22.9 Å². The van der Waals surface area contributed by atoms with Gasteiger partial charge in [0.2, 0.25) is 0 Å². The third-order valence-electron chi connectivity index (χ3n) is 2.26. The van der Waals surface area contributed by atoms with E-state index in [2.05, 4.69) is 0 Å². The molecule has 0 bridgehead atoms. The predicted molar refractivity (Wildman–Crippen MR) is 57.1 cm³/mol. The van der Waals surface area contributed by atoms with E-state index in [0.29, 0.717) is 6.42 Å². The van der Waals surface area contributed by atoms with Gasteiger partial charge in [0.15, 0.2) is 0 Å². The summed E-state index contributed by atoms with van der Waals surface area (Å²) in [6.07, 6.45) is 2.89. The fourth-order valence-electron chi connectivity index (χ4n) is 1.48. The van der Waals surface area contributed by atoms with Crippen molar-refractivity contribution in [3.63, 3.8) is 0 Å². The molecule has 0 aromatic heterocycles. The minimum absolute atomic E-state index is 0.220. The average molecular weight is 194 g/mol. The maximum atomic E-state index is 9.65. The summed E-state index contributed by atoms with van der Waals surface area (Å²) in [4.78, 5) is 0. The Bertz CT molecular complexity index is 233. The largest absolute Gasteiger partial charge is 0.396 e. The van der Waals surface area contributed by atoms with E-state index in [1.165, 1.54) is 5.56 Å². The van der Waals surface area contributed by atoms with Gasteiger partial charge in [-0.25, -0.2) is 0 Å². The number of unbranched alkanes of at least 4 members (excludes halogenated alkanes) is 1. The maximum absolute atomic E-state index is 9.65. The van der Waals surface area contributed by atoms with Crippen molar-refractivity contribution in [2.24, 2.45) is 0 Å². The molecule has 14 heavy (non-hydrogen) atoms. The van der Waals surface area contributed by atoms with E-state index >= 15 is 0 Å². The minimum Gasteiger partial charge on any atom is -0.396 e. The quantitative estimate of drug-likeness (QED) is 0.677. The van der Waals surface area contributed by atoms with Gasteiger partial charge < -0.3 is 10.2 Å². The molecule has 1 unspecified atom stereocenters. The van der Waals surface area contributed by atoms with Gasteiger partial charge in [-0.05, 0) is 31.2 Å². The third-order valence-corrected chi connectivity index (χ3v) is 2.26. The summed E-state index contributed by atoms with van der Waals surface area (Å²) >= 11 is 0. The second kappa shape index (κ2) is 6.57. The zero-order valence-corrected chi connectivity index (χ0v) is 8.39. The van der Waals surface area contributed by atoms with E-state index in [4.69, 9.17) is 5.11 Å². The van der Waals surface area contributed by atoms with Crippen LogP contribution in [0.3, 0.4) is 0 Å². The normalized spacial score (nSPS) is 12.7. The lowest BCUT2D eigenvalue weighted by atomic mass is 10.0. The highest BCUT2D eigenvalue weighted by molar-refractivity contribution is 5.15. The molecule has 0 amide bonds. The molecule has 0 aliphatic heterocycles. The van der Waals surface area contributed by atoms with Crippen molar-refractivity contribution in [2.45, 2.75) is 31.8 Å². The van der Waals surface area contributed by atoms with Crippen molar-refractivity contribution in [1.29, 1.82) is 0 Å². The van der Waals surface area contributed by atoms with Crippen molar-refractivity contribution >= 4 is 0 Å². The Morgan fingerprint density at radius 1 is 1.07 bits per heavy atom. The van der Waals surface area contributed by atoms with Gasteiger partial charge in [0.25, 0.3) is 0 Å². The lowest BCUT2D eigenvalue weighted by molar-refractivity contribution is 0.157. The van der Waals surface area contributed by atoms with Crippen LogP contribution in [0, 0.1) is 0 Å². The number of hydrogen-bond acceptors (Lipinski definition) is 2. The first-order chi connectivity index (χ1) is 6.83. The van der Waals surface area contributed by atoms with Crippen LogP contribution in [0.15, 0.2) is 30.3 Å². The lowest BCUT2D eigenvalue weighted by Crippen LogP contribution is -2.10. The van der Waals surface area contributed by atoms with Crippen LogP contribution in [-0.2, 0) is 6.42 Å². The number of aliphatic hydroxyl groups excluding tert-OH is 2. The van der Waals surface area contributed by atoms with Crippen LogP contribution < -0.4 is 0 Å². The molecule has 0 heterocycles. The maximum Gasteiger partial charge on any atom is 0.0580 e. The predicted octanol–water partition coefficient (Wildman–Crippen LogP) is 1.75. The SMILES string of the molecule is OCCCCC(O)Cc1ccccc1. The molecule has 2 N–H and O–H groups in total. The molecule has 0 aliphatic carbocycles. The van der Waals surface area contributed by atoms with Gasteiger partial charge in [0.05, 0.1) is 6.10 Å². The van der Waals surface area contributed by atoms with E-state index in [-0.39, 0.29) is 12.7 Å². The minimum atomic E-state index is -0.274. The summed E-state index contributed by atoms with van der Waals surface area (Å²) in [6, 6.07) is 9.98. The molecule has 0 spiro atoms. The zero-order chi connectivity index (χ0) is 10.2. The van der Waals surface area contributed by atoms with Gasteiger partial charge in [-0.3, -0.25) is 0 Å². The standard InChI is InChI=1S/C12H18O2/c13-9-5-4-8-12(14)10-11-6-2-1-3-7-11/h1-3,6-7,12-14H,4-5,8-10H2. The molecule has 1 atom stereocenters. The Labute approximate surface area is 85.2 Å². The van der Waals surface area contributed by atoms with Crippen LogP contribution in [0.5, 0.6) is 0 Å². The molecule has 0 radical (unpaired) electrons. The van der Waals surface area contributed by atoms with E-state index in [0.717, 1.165) is 19.3 Å². The van der Waals surface area contributed by atoms with E-state index in [1.807, 2.05) is 30.3 Å². The number of rotatable bonds is 6. The Morgan fingerprint density at radius 2 is 1.79 bits per heavy atom. The van der Waals surface area contributed by atoms with Crippen molar-refractivity contribution < 1.29 is 10.2 Å². The topological polar surface area (TPSA) is 40.5 Å². The van der Waals surface area contributed by atoms with E-state index in [9.17, 15) is 5.11 Å². The monoisotopic (exact) mass is 194 g/mol. The van der Waals surface area contributed by atoms with Crippen molar-refractivity contribution in [2.75, 3.05) is 6.61 Å². The van der Waals surface area contributed by atoms with Crippen LogP contribution >= 0.6 is 0 Å². The summed E-state index contributed by atoms with van der Waals surface area (Å²) < 4.78 is 0. The summed E-state index contributed by atoms with van der Waals surface area (Å²) in [5, 5.41) is 18.2. The van der Waals surface area contributed by atoms with Gasteiger partial charge in [-0.1, -0.05) is 30.3 Å². The molecule has 1 rings (SSSR count). The molecule has 0 fully saturated rings. The smallest absolute Gasteiger partial charge is 0.0580 e. The molecule has 78 valence electrons. The first-order valence-electron chi connectivity index (χ1n) is 5.16. The fraction of sp³-hybridized carbons (Fsp3) is 0.500. The second-order valence-electron chi connectivity index (χ2n) is 3.56. The second-order valence-corrected chi connectivity index (χ2v) is 3.56. The Hall–Kier alpha value is -0.860. The first kappa shape index (κ1) is 11.2. The van der Waals surface area contributed by atoms with Gasteiger partial charge in [-0.15, -0.1) is 0 Å². The van der Waals surface area contributed by atoms with Crippen LogP contribution in [0.1, 0.15) is 24.8 Å². The highest BCUT2D eigenvalue weighted by Crippen LogP contribution is 2.08. The van der Waals surface area contributed by atoms with Gasteiger partial charge in [0.1, 0.15) is 0 Å². The van der Waals surface area contributed by atoms with Gasteiger partial charge >= 0.3 is 0 Å². The molecule has 2 nitrogen and oxygen atoms in total. The van der Waals surface area contributed by atoms with Crippen molar-refractivity contribution in [1.82, 2.24) is 0 Å².